The molecule has 3 aromatic rings. The van der Waals surface area contributed by atoms with Crippen LogP contribution in [0.15, 0.2) is 29.1 Å². The van der Waals surface area contributed by atoms with E-state index in [9.17, 15) is 14.7 Å². The van der Waals surface area contributed by atoms with Gasteiger partial charge in [0, 0.05) is 30.4 Å². The molecule has 2 aromatic heterocycles. The number of aromatic nitrogens is 4. The molecule has 30 heavy (non-hydrogen) atoms. The Morgan fingerprint density at radius 3 is 2.47 bits per heavy atom. The van der Waals surface area contributed by atoms with Crippen LogP contribution in [0.25, 0.3) is 5.69 Å². The van der Waals surface area contributed by atoms with Crippen LogP contribution in [0, 0.1) is 6.92 Å². The highest BCUT2D eigenvalue weighted by Crippen LogP contribution is 2.32. The number of primary amides is 1. The highest BCUT2D eigenvalue weighted by Gasteiger charge is 2.19. The van der Waals surface area contributed by atoms with E-state index in [0.29, 0.717) is 36.6 Å². The molecule has 0 bridgehead atoms. The highest BCUT2D eigenvalue weighted by molar-refractivity contribution is 5.93. The molecular formula is C21H27N5O4. The van der Waals surface area contributed by atoms with Gasteiger partial charge in [0.2, 0.25) is 5.91 Å². The molecular weight excluding hydrogens is 386 g/mol. The van der Waals surface area contributed by atoms with E-state index in [1.807, 2.05) is 20.8 Å². The van der Waals surface area contributed by atoms with Crippen molar-refractivity contribution in [2.75, 3.05) is 6.61 Å². The van der Waals surface area contributed by atoms with Crippen molar-refractivity contribution in [2.24, 2.45) is 12.8 Å². The minimum atomic E-state index is -0.622. The van der Waals surface area contributed by atoms with Crippen molar-refractivity contribution in [3.8, 4) is 17.2 Å². The molecule has 0 aliphatic rings. The molecule has 9 nitrogen and oxygen atoms in total. The van der Waals surface area contributed by atoms with E-state index in [1.54, 1.807) is 34.6 Å². The second-order valence-electron chi connectivity index (χ2n) is 7.02. The van der Waals surface area contributed by atoms with Crippen LogP contribution in [0.1, 0.15) is 41.3 Å². The predicted octanol–water partition coefficient (Wildman–Crippen LogP) is 1.69. The molecule has 9 heteroatoms. The van der Waals surface area contributed by atoms with Gasteiger partial charge in [0.1, 0.15) is 11.4 Å². The van der Waals surface area contributed by atoms with E-state index in [0.717, 1.165) is 17.1 Å². The maximum Gasteiger partial charge on any atom is 0.271 e. The van der Waals surface area contributed by atoms with Crippen LogP contribution in [0.3, 0.4) is 0 Å². The van der Waals surface area contributed by atoms with E-state index in [2.05, 4.69) is 5.10 Å². The Hall–Kier alpha value is -3.33. The molecule has 0 atom stereocenters. The lowest BCUT2D eigenvalue weighted by Gasteiger charge is -2.14. The van der Waals surface area contributed by atoms with E-state index in [1.165, 1.54) is 10.7 Å². The quantitative estimate of drug-likeness (QED) is 0.583. The third-order valence-electron chi connectivity index (χ3n) is 5.05. The monoisotopic (exact) mass is 413 g/mol. The molecule has 160 valence electrons. The maximum atomic E-state index is 12.4. The van der Waals surface area contributed by atoms with Crippen molar-refractivity contribution in [1.29, 1.82) is 0 Å². The fraction of sp³-hybridized carbons (Fsp3) is 0.381. The Kier molecular flexibility index (Phi) is 6.12. The SMILES string of the molecule is CCc1nn(CCO)c(CC)c1Oc1cc(C(N)=O)cc(-n2c(=O)cc(C)n2C)c1. The topological polar surface area (TPSA) is 117 Å². The maximum absolute atomic E-state index is 12.4. The number of nitrogens with zero attached hydrogens (tertiary/aromatic N) is 4. The van der Waals surface area contributed by atoms with Crippen LogP contribution in [0.5, 0.6) is 11.5 Å². The molecule has 0 saturated carbocycles. The van der Waals surface area contributed by atoms with E-state index in [-0.39, 0.29) is 17.7 Å². The number of nitrogens with two attached hydrogens (primary N) is 1. The van der Waals surface area contributed by atoms with Gasteiger partial charge in [-0.1, -0.05) is 13.8 Å². The van der Waals surface area contributed by atoms with E-state index in [4.69, 9.17) is 10.5 Å². The average molecular weight is 413 g/mol. The van der Waals surface area contributed by atoms with Gasteiger partial charge in [0.05, 0.1) is 24.5 Å². The zero-order chi connectivity index (χ0) is 22.0. The van der Waals surface area contributed by atoms with Crippen molar-refractivity contribution in [3.63, 3.8) is 0 Å². The number of aliphatic hydroxyl groups is 1. The van der Waals surface area contributed by atoms with Gasteiger partial charge in [-0.2, -0.15) is 5.10 Å². The number of amides is 1. The van der Waals surface area contributed by atoms with Gasteiger partial charge in [-0.3, -0.25) is 19.0 Å². The van der Waals surface area contributed by atoms with Gasteiger partial charge < -0.3 is 15.6 Å². The summed E-state index contributed by atoms with van der Waals surface area (Å²) >= 11 is 0. The molecule has 0 aliphatic heterocycles. The minimum Gasteiger partial charge on any atom is -0.453 e. The molecule has 0 unspecified atom stereocenters. The Bertz CT molecular complexity index is 1140. The Labute approximate surface area is 174 Å². The van der Waals surface area contributed by atoms with E-state index >= 15 is 0 Å². The molecule has 0 radical (unpaired) electrons. The van der Waals surface area contributed by atoms with Crippen molar-refractivity contribution >= 4 is 5.91 Å². The number of carbonyl (C=O) groups is 1. The molecule has 3 rings (SSSR count). The summed E-state index contributed by atoms with van der Waals surface area (Å²) in [5.41, 5.74) is 8.38. The van der Waals surface area contributed by atoms with Crippen LogP contribution < -0.4 is 16.0 Å². The second-order valence-corrected chi connectivity index (χ2v) is 7.02. The van der Waals surface area contributed by atoms with Gasteiger partial charge in [0.15, 0.2) is 5.75 Å². The number of hydrogen-bond donors (Lipinski definition) is 2. The summed E-state index contributed by atoms with van der Waals surface area (Å²) in [7, 11) is 1.76. The normalized spacial score (nSPS) is 11.1. The van der Waals surface area contributed by atoms with Crippen molar-refractivity contribution in [2.45, 2.75) is 40.2 Å². The summed E-state index contributed by atoms with van der Waals surface area (Å²) in [6.07, 6.45) is 1.29. The summed E-state index contributed by atoms with van der Waals surface area (Å²) in [4.78, 5) is 24.4. The molecule has 2 heterocycles. The molecule has 0 saturated heterocycles. The van der Waals surface area contributed by atoms with Gasteiger partial charge in [0.25, 0.3) is 5.56 Å². The summed E-state index contributed by atoms with van der Waals surface area (Å²) < 4.78 is 11.1. The van der Waals surface area contributed by atoms with Gasteiger partial charge in [-0.25, -0.2) is 4.68 Å². The lowest BCUT2D eigenvalue weighted by atomic mass is 10.1. The molecule has 0 aliphatic carbocycles. The number of aryl methyl sites for hydroxylation is 2. The Morgan fingerprint density at radius 2 is 1.93 bits per heavy atom. The fourth-order valence-corrected chi connectivity index (χ4v) is 3.47. The molecule has 1 amide bonds. The number of ether oxygens (including phenoxy) is 1. The van der Waals surface area contributed by atoms with Crippen molar-refractivity contribution in [1.82, 2.24) is 19.1 Å². The van der Waals surface area contributed by atoms with Crippen LogP contribution in [-0.4, -0.2) is 36.8 Å². The van der Waals surface area contributed by atoms with Crippen molar-refractivity contribution < 1.29 is 14.6 Å². The first kappa shape index (κ1) is 21.4. The standard InChI is InChI=1S/C21H27N5O4/c1-5-17-20(18(6-2)25(23-17)7-8-27)30-16-11-14(21(22)29)10-15(12-16)26-19(28)9-13(3)24(26)4/h9-12,27H,5-8H2,1-4H3,(H2,22,29). The molecule has 0 fully saturated rings. The first-order valence-corrected chi connectivity index (χ1v) is 9.88. The van der Waals surface area contributed by atoms with Crippen LogP contribution >= 0.6 is 0 Å². The van der Waals surface area contributed by atoms with E-state index < -0.39 is 5.91 Å². The lowest BCUT2D eigenvalue weighted by Crippen LogP contribution is -2.20. The fourth-order valence-electron chi connectivity index (χ4n) is 3.47. The zero-order valence-electron chi connectivity index (χ0n) is 17.7. The zero-order valence-corrected chi connectivity index (χ0v) is 17.7. The third-order valence-corrected chi connectivity index (χ3v) is 5.05. The number of aliphatic hydroxyl groups excluding tert-OH is 1. The second kappa shape index (κ2) is 8.58. The number of rotatable bonds is 8. The summed E-state index contributed by atoms with van der Waals surface area (Å²) in [6.45, 7) is 6.10. The van der Waals surface area contributed by atoms with Crippen molar-refractivity contribution in [3.05, 3.63) is 57.3 Å². The van der Waals surface area contributed by atoms with Crippen LogP contribution in [0.2, 0.25) is 0 Å². The van der Waals surface area contributed by atoms with Gasteiger partial charge >= 0.3 is 0 Å². The Morgan fingerprint density at radius 1 is 1.20 bits per heavy atom. The number of benzene rings is 1. The molecule has 1 aromatic carbocycles. The largest absolute Gasteiger partial charge is 0.453 e. The molecule has 3 N–H and O–H groups in total. The number of carbonyl (C=O) groups excluding carboxylic acids is 1. The first-order valence-electron chi connectivity index (χ1n) is 9.88. The molecule has 0 spiro atoms. The summed E-state index contributed by atoms with van der Waals surface area (Å²) in [5, 5.41) is 13.9. The smallest absolute Gasteiger partial charge is 0.271 e. The summed E-state index contributed by atoms with van der Waals surface area (Å²) in [5.74, 6) is 0.347. The predicted molar refractivity (Wildman–Crippen MR) is 112 cm³/mol. The van der Waals surface area contributed by atoms with Crippen LogP contribution in [0.4, 0.5) is 0 Å². The number of hydrogen-bond acceptors (Lipinski definition) is 5. The average Bonchev–Trinajstić information content (AvgIpc) is 3.16. The Balaban J connectivity index is 2.15. The first-order chi connectivity index (χ1) is 14.3. The van der Waals surface area contributed by atoms with Gasteiger partial charge in [-0.15, -0.1) is 0 Å². The van der Waals surface area contributed by atoms with Crippen LogP contribution in [-0.2, 0) is 26.4 Å². The summed E-state index contributed by atoms with van der Waals surface area (Å²) in [6, 6.07) is 6.32. The highest BCUT2D eigenvalue weighted by atomic mass is 16.5. The van der Waals surface area contributed by atoms with Gasteiger partial charge in [-0.05, 0) is 31.9 Å². The third kappa shape index (κ3) is 3.88. The lowest BCUT2D eigenvalue weighted by molar-refractivity contribution is 0.1000. The minimum absolute atomic E-state index is 0.0334.